The number of fused-ring (bicyclic) bond motifs is 1. The summed E-state index contributed by atoms with van der Waals surface area (Å²) in [5, 5.41) is -1.00. The van der Waals surface area contributed by atoms with E-state index in [0.717, 1.165) is 22.3 Å². The molecular formula is C36H34Cl2O5S2. The van der Waals surface area contributed by atoms with Gasteiger partial charge in [-0.2, -0.15) is 0 Å². The van der Waals surface area contributed by atoms with Gasteiger partial charge in [0.2, 0.25) is 0 Å². The fourth-order valence-corrected chi connectivity index (χ4v) is 11.9. The van der Waals surface area contributed by atoms with Crippen molar-refractivity contribution in [1.29, 1.82) is 0 Å². The molecule has 0 spiro atoms. The predicted molar refractivity (Wildman–Crippen MR) is 179 cm³/mol. The number of halogens is 2. The lowest BCUT2D eigenvalue weighted by atomic mass is 9.61. The highest BCUT2D eigenvalue weighted by atomic mass is 35.5. The van der Waals surface area contributed by atoms with Crippen molar-refractivity contribution in [3.8, 4) is 0 Å². The zero-order valence-corrected chi connectivity index (χ0v) is 28.1. The lowest BCUT2D eigenvalue weighted by Crippen LogP contribution is -2.53. The van der Waals surface area contributed by atoms with Gasteiger partial charge in [0.1, 0.15) is 5.78 Å². The van der Waals surface area contributed by atoms with Gasteiger partial charge in [0.15, 0.2) is 19.7 Å². The third-order valence-electron chi connectivity index (χ3n) is 9.68. The van der Waals surface area contributed by atoms with Gasteiger partial charge in [-0.05, 0) is 92.3 Å². The first kappa shape index (κ1) is 32.0. The molecule has 2 aliphatic rings. The predicted octanol–water partition coefficient (Wildman–Crippen LogP) is 8.16. The minimum absolute atomic E-state index is 0.0185. The van der Waals surface area contributed by atoms with Crippen LogP contribution in [0.25, 0.3) is 0 Å². The first-order valence-corrected chi connectivity index (χ1v) is 18.9. The molecule has 9 heteroatoms. The first-order chi connectivity index (χ1) is 21.4. The number of benzene rings is 4. The maximum atomic E-state index is 14.6. The topological polar surface area (TPSA) is 85.3 Å². The molecule has 0 radical (unpaired) electrons. The van der Waals surface area contributed by atoms with E-state index in [-0.39, 0.29) is 34.8 Å². The zero-order valence-electron chi connectivity index (χ0n) is 24.9. The Morgan fingerprint density at radius 3 is 1.49 bits per heavy atom. The fraction of sp³-hybridized carbons (Fsp3) is 0.306. The highest BCUT2D eigenvalue weighted by Gasteiger charge is 2.56. The van der Waals surface area contributed by atoms with Crippen molar-refractivity contribution in [3.63, 3.8) is 0 Å². The Hall–Kier alpha value is -2.97. The van der Waals surface area contributed by atoms with Crippen LogP contribution in [0.4, 0.5) is 0 Å². The normalized spacial score (nSPS) is 25.5. The Bertz CT molecular complexity index is 1920. The molecule has 0 saturated heterocycles. The van der Waals surface area contributed by atoms with E-state index in [1.54, 1.807) is 24.3 Å². The van der Waals surface area contributed by atoms with Crippen LogP contribution in [0.15, 0.2) is 107 Å². The monoisotopic (exact) mass is 680 g/mol. The van der Waals surface area contributed by atoms with Crippen molar-refractivity contribution >= 4 is 48.7 Å². The number of rotatable bonds is 6. The molecule has 4 aromatic rings. The number of hydrogen-bond acceptors (Lipinski definition) is 5. The van der Waals surface area contributed by atoms with E-state index in [2.05, 4.69) is 0 Å². The summed E-state index contributed by atoms with van der Waals surface area (Å²) in [7, 11) is -7.89. The second-order valence-electron chi connectivity index (χ2n) is 12.4. The van der Waals surface area contributed by atoms with Gasteiger partial charge in [-0.15, -0.1) is 0 Å². The Morgan fingerprint density at radius 2 is 1.00 bits per heavy atom. The Balaban J connectivity index is 1.51. The summed E-state index contributed by atoms with van der Waals surface area (Å²) < 4.78 is 57.9. The van der Waals surface area contributed by atoms with Crippen LogP contribution in [-0.4, -0.2) is 33.1 Å². The van der Waals surface area contributed by atoms with Crippen LogP contribution in [-0.2, 0) is 24.5 Å². The lowest BCUT2D eigenvalue weighted by Gasteiger charge is -2.48. The van der Waals surface area contributed by atoms with E-state index in [9.17, 15) is 21.6 Å². The molecule has 0 aromatic heterocycles. The minimum Gasteiger partial charge on any atom is -0.299 e. The number of Topliss-reactive ketones (excluding diaryl/α,β-unsaturated/α-hetero) is 1. The van der Waals surface area contributed by atoms with Crippen molar-refractivity contribution in [1.82, 2.24) is 0 Å². The molecule has 4 aromatic carbocycles. The molecule has 6 rings (SSSR count). The van der Waals surface area contributed by atoms with Crippen LogP contribution < -0.4 is 0 Å². The van der Waals surface area contributed by atoms with Crippen molar-refractivity contribution in [2.24, 2.45) is 11.8 Å². The van der Waals surface area contributed by atoms with Crippen LogP contribution in [0, 0.1) is 25.7 Å². The number of sulfone groups is 2. The summed E-state index contributed by atoms with van der Waals surface area (Å²) >= 11 is 12.2. The quantitative estimate of drug-likeness (QED) is 0.205. The molecule has 5 nitrogen and oxygen atoms in total. The molecular weight excluding hydrogens is 647 g/mol. The van der Waals surface area contributed by atoms with Crippen molar-refractivity contribution < 1.29 is 21.6 Å². The van der Waals surface area contributed by atoms with Crippen LogP contribution >= 0.6 is 23.2 Å². The summed E-state index contributed by atoms with van der Waals surface area (Å²) in [5.41, 5.74) is 3.66. The Kier molecular flexibility index (Phi) is 8.76. The zero-order chi connectivity index (χ0) is 32.1. The van der Waals surface area contributed by atoms with Gasteiger partial charge in [0, 0.05) is 34.2 Å². The Labute approximate surface area is 275 Å². The smallest absolute Gasteiger partial charge is 0.182 e. The highest BCUT2D eigenvalue weighted by molar-refractivity contribution is 7.92. The van der Waals surface area contributed by atoms with Gasteiger partial charge in [-0.3, -0.25) is 4.79 Å². The second-order valence-corrected chi connectivity index (χ2v) is 17.6. The summed E-state index contributed by atoms with van der Waals surface area (Å²) in [6.07, 6.45) is 0.293. The first-order valence-electron chi connectivity index (χ1n) is 15.0. The molecule has 45 heavy (non-hydrogen) atoms. The van der Waals surface area contributed by atoms with Gasteiger partial charge >= 0.3 is 0 Å². The van der Waals surface area contributed by atoms with Crippen LogP contribution in [0.2, 0.25) is 10.0 Å². The number of carbonyl (C=O) groups is 1. The van der Waals surface area contributed by atoms with Crippen LogP contribution in [0.1, 0.15) is 53.4 Å². The van der Waals surface area contributed by atoms with Gasteiger partial charge in [0.25, 0.3) is 0 Å². The molecule has 0 bridgehead atoms. The van der Waals surface area contributed by atoms with Gasteiger partial charge < -0.3 is 0 Å². The molecule has 2 aliphatic carbocycles. The SMILES string of the molecule is Cc1ccc(C2C[C@@H]3C(S(=O)(=O)c4ccc(Cl)cc4)C(c4ccc(C)cc4)CC(=O)[C@@H]3CC2S(=O)(=O)c2ccc(Cl)cc2)cc1. The molecule has 234 valence electrons. The molecule has 2 fully saturated rings. The van der Waals surface area contributed by atoms with Crippen LogP contribution in [0.5, 0.6) is 0 Å². The third-order valence-corrected chi connectivity index (χ3v) is 14.8. The molecule has 0 heterocycles. The van der Waals surface area contributed by atoms with Crippen molar-refractivity contribution in [3.05, 3.63) is 129 Å². The summed E-state index contributed by atoms with van der Waals surface area (Å²) in [6.45, 7) is 3.92. The van der Waals surface area contributed by atoms with Crippen molar-refractivity contribution in [2.45, 2.75) is 65.2 Å². The van der Waals surface area contributed by atoms with Crippen molar-refractivity contribution in [2.75, 3.05) is 0 Å². The van der Waals surface area contributed by atoms with E-state index in [1.165, 1.54) is 24.3 Å². The standard InChI is InChI=1S/C36H34Cl2O5S2/c1-22-3-7-24(8-4-22)30-19-33-32(21-35(30)44(40,41)28-15-11-26(37)12-16-28)34(39)20-31(25-9-5-23(2)6-10-25)36(33)45(42,43)29-17-13-27(38)14-18-29/h3-18,30-33,35-36H,19-21H2,1-2H3/t30?,31?,32-,33+,35?,36?/m1/s1. The second kappa shape index (κ2) is 12.3. The molecule has 4 unspecified atom stereocenters. The summed E-state index contributed by atoms with van der Waals surface area (Å²) in [5.74, 6) is -2.52. The Morgan fingerprint density at radius 1 is 0.556 bits per heavy atom. The van der Waals surface area contributed by atoms with E-state index >= 15 is 0 Å². The van der Waals surface area contributed by atoms with E-state index in [1.807, 2.05) is 62.4 Å². The fourth-order valence-electron chi connectivity index (χ4n) is 7.37. The van der Waals surface area contributed by atoms with E-state index in [4.69, 9.17) is 23.2 Å². The van der Waals surface area contributed by atoms with E-state index < -0.39 is 53.8 Å². The average molecular weight is 682 g/mol. The van der Waals surface area contributed by atoms with Gasteiger partial charge in [-0.1, -0.05) is 82.9 Å². The molecule has 6 atom stereocenters. The molecule has 0 amide bonds. The summed E-state index contributed by atoms with van der Waals surface area (Å²) in [6, 6.07) is 27.7. The number of carbonyl (C=O) groups excluding carboxylic acids is 1. The largest absolute Gasteiger partial charge is 0.299 e. The molecule has 0 N–H and O–H groups in total. The molecule has 0 aliphatic heterocycles. The van der Waals surface area contributed by atoms with Gasteiger partial charge in [0.05, 0.1) is 20.3 Å². The number of hydrogen-bond donors (Lipinski definition) is 0. The number of ketones is 1. The maximum Gasteiger partial charge on any atom is 0.182 e. The van der Waals surface area contributed by atoms with E-state index in [0.29, 0.717) is 10.0 Å². The van der Waals surface area contributed by atoms with Gasteiger partial charge in [-0.25, -0.2) is 16.8 Å². The van der Waals surface area contributed by atoms with Crippen LogP contribution in [0.3, 0.4) is 0 Å². The maximum absolute atomic E-state index is 14.6. The lowest BCUT2D eigenvalue weighted by molar-refractivity contribution is -0.128. The number of aryl methyl sites for hydroxylation is 2. The third kappa shape index (κ3) is 6.12. The average Bonchev–Trinajstić information content (AvgIpc) is 3.01. The highest BCUT2D eigenvalue weighted by Crippen LogP contribution is 2.54. The minimum atomic E-state index is -3.98. The molecule has 2 saturated carbocycles. The summed E-state index contributed by atoms with van der Waals surface area (Å²) in [4.78, 5) is 14.3.